The van der Waals surface area contributed by atoms with Gasteiger partial charge in [0.1, 0.15) is 0 Å². The fourth-order valence-corrected chi connectivity index (χ4v) is 2.18. The molecule has 3 nitrogen and oxygen atoms in total. The van der Waals surface area contributed by atoms with Crippen molar-refractivity contribution in [3.8, 4) is 0 Å². The summed E-state index contributed by atoms with van der Waals surface area (Å²) >= 11 is 2.89. The van der Waals surface area contributed by atoms with Gasteiger partial charge in [0, 0.05) is 26.2 Å². The predicted octanol–water partition coefficient (Wildman–Crippen LogP) is 2.11. The Hall–Kier alpha value is -1.01. The zero-order valence-electron chi connectivity index (χ0n) is 9.92. The molecule has 1 saturated heterocycles. The SMILES string of the molecule is CN1CCN(C(=O)c2ccc(Br)c(F)c2F)CC1. The van der Waals surface area contributed by atoms with Crippen molar-refractivity contribution >= 4 is 21.8 Å². The summed E-state index contributed by atoms with van der Waals surface area (Å²) in [6.07, 6.45) is 0. The van der Waals surface area contributed by atoms with Gasteiger partial charge in [-0.15, -0.1) is 0 Å². The molecule has 1 aromatic carbocycles. The largest absolute Gasteiger partial charge is 0.336 e. The molecule has 0 aromatic heterocycles. The Labute approximate surface area is 112 Å². The molecule has 0 unspecified atom stereocenters. The van der Waals surface area contributed by atoms with Gasteiger partial charge in [-0.05, 0) is 35.1 Å². The number of benzene rings is 1. The smallest absolute Gasteiger partial charge is 0.257 e. The van der Waals surface area contributed by atoms with Crippen LogP contribution in [0.2, 0.25) is 0 Å². The number of hydrogen-bond donors (Lipinski definition) is 0. The molecule has 98 valence electrons. The first-order valence-corrected chi connectivity index (χ1v) is 6.41. The molecule has 0 saturated carbocycles. The molecule has 18 heavy (non-hydrogen) atoms. The number of hydrogen-bond acceptors (Lipinski definition) is 2. The van der Waals surface area contributed by atoms with Crippen LogP contribution in [-0.2, 0) is 0 Å². The van der Waals surface area contributed by atoms with Gasteiger partial charge in [-0.3, -0.25) is 4.79 Å². The Balaban J connectivity index is 2.21. The zero-order chi connectivity index (χ0) is 13.3. The van der Waals surface area contributed by atoms with Crippen molar-refractivity contribution in [1.82, 2.24) is 9.80 Å². The molecule has 6 heteroatoms. The summed E-state index contributed by atoms with van der Waals surface area (Å²) in [7, 11) is 1.96. The summed E-state index contributed by atoms with van der Waals surface area (Å²) in [6.45, 7) is 2.55. The van der Waals surface area contributed by atoms with Crippen molar-refractivity contribution in [2.45, 2.75) is 0 Å². The maximum Gasteiger partial charge on any atom is 0.257 e. The van der Waals surface area contributed by atoms with E-state index in [1.54, 1.807) is 4.90 Å². The van der Waals surface area contributed by atoms with Crippen molar-refractivity contribution in [2.24, 2.45) is 0 Å². The number of likely N-dealkylation sites (N-methyl/N-ethyl adjacent to an activating group) is 1. The fourth-order valence-electron chi connectivity index (χ4n) is 1.87. The second-order valence-electron chi connectivity index (χ2n) is 4.32. The van der Waals surface area contributed by atoms with E-state index in [4.69, 9.17) is 0 Å². The third kappa shape index (κ3) is 2.54. The van der Waals surface area contributed by atoms with Crippen LogP contribution in [0.5, 0.6) is 0 Å². The normalized spacial score (nSPS) is 17.0. The molecule has 1 aliphatic heterocycles. The van der Waals surface area contributed by atoms with Crippen LogP contribution in [0, 0.1) is 11.6 Å². The number of halogens is 3. The van der Waals surface area contributed by atoms with Gasteiger partial charge in [0.15, 0.2) is 11.6 Å². The van der Waals surface area contributed by atoms with Crippen LogP contribution in [0.25, 0.3) is 0 Å². The number of piperazine rings is 1. The Morgan fingerprint density at radius 2 is 1.78 bits per heavy atom. The van der Waals surface area contributed by atoms with Crippen LogP contribution >= 0.6 is 15.9 Å². The predicted molar refractivity (Wildman–Crippen MR) is 67.5 cm³/mol. The topological polar surface area (TPSA) is 23.6 Å². The lowest BCUT2D eigenvalue weighted by Crippen LogP contribution is -2.47. The second-order valence-corrected chi connectivity index (χ2v) is 5.17. The maximum atomic E-state index is 13.7. The minimum absolute atomic E-state index is 0.0231. The fraction of sp³-hybridized carbons (Fsp3) is 0.417. The summed E-state index contributed by atoms with van der Waals surface area (Å²) in [6, 6.07) is 2.66. The number of carbonyl (C=O) groups is 1. The standard InChI is InChI=1S/C12H13BrF2N2O/c1-16-4-6-17(7-5-16)12(18)8-2-3-9(13)11(15)10(8)14/h2-3H,4-7H2,1H3. The zero-order valence-corrected chi connectivity index (χ0v) is 11.5. The lowest BCUT2D eigenvalue weighted by Gasteiger charge is -2.32. The Morgan fingerprint density at radius 1 is 1.17 bits per heavy atom. The molecule has 0 aliphatic carbocycles. The van der Waals surface area contributed by atoms with Crippen molar-refractivity contribution in [1.29, 1.82) is 0 Å². The molecule has 0 N–H and O–H groups in total. The van der Waals surface area contributed by atoms with Crippen LogP contribution in [0.15, 0.2) is 16.6 Å². The molecule has 1 heterocycles. The Morgan fingerprint density at radius 3 is 2.39 bits per heavy atom. The number of rotatable bonds is 1. The van der Waals surface area contributed by atoms with E-state index in [0.29, 0.717) is 13.1 Å². The van der Waals surface area contributed by atoms with Gasteiger partial charge in [-0.2, -0.15) is 0 Å². The average Bonchev–Trinajstić information content (AvgIpc) is 2.36. The second kappa shape index (κ2) is 5.32. The van der Waals surface area contributed by atoms with Crippen molar-refractivity contribution < 1.29 is 13.6 Å². The molecule has 2 rings (SSSR count). The molecule has 0 atom stereocenters. The van der Waals surface area contributed by atoms with Crippen LogP contribution < -0.4 is 0 Å². The monoisotopic (exact) mass is 318 g/mol. The summed E-state index contributed by atoms with van der Waals surface area (Å²) in [5.74, 6) is -2.56. The van der Waals surface area contributed by atoms with Crippen LogP contribution in [0.1, 0.15) is 10.4 Å². The molecule has 1 fully saturated rings. The van der Waals surface area contributed by atoms with Gasteiger partial charge >= 0.3 is 0 Å². The summed E-state index contributed by atoms with van der Waals surface area (Å²) in [5, 5.41) is 0. The lowest BCUT2D eigenvalue weighted by molar-refractivity contribution is 0.0658. The summed E-state index contributed by atoms with van der Waals surface area (Å²) in [5.41, 5.74) is -0.208. The van der Waals surface area contributed by atoms with Crippen LogP contribution in [-0.4, -0.2) is 48.9 Å². The van der Waals surface area contributed by atoms with Gasteiger partial charge in [-0.1, -0.05) is 0 Å². The lowest BCUT2D eigenvalue weighted by atomic mass is 10.1. The van der Waals surface area contributed by atoms with Gasteiger partial charge in [0.25, 0.3) is 5.91 Å². The third-order valence-electron chi connectivity index (χ3n) is 3.06. The van der Waals surface area contributed by atoms with E-state index in [2.05, 4.69) is 20.8 Å². The van der Waals surface area contributed by atoms with Crippen LogP contribution in [0.4, 0.5) is 8.78 Å². The summed E-state index contributed by atoms with van der Waals surface area (Å²) in [4.78, 5) is 15.7. The van der Waals surface area contributed by atoms with E-state index in [-0.39, 0.29) is 10.0 Å². The van der Waals surface area contributed by atoms with E-state index in [1.807, 2.05) is 7.05 Å². The maximum absolute atomic E-state index is 13.7. The molecule has 0 bridgehead atoms. The highest BCUT2D eigenvalue weighted by atomic mass is 79.9. The molecular formula is C12H13BrF2N2O. The first kappa shape index (κ1) is 13.4. The number of carbonyl (C=O) groups excluding carboxylic acids is 1. The summed E-state index contributed by atoms with van der Waals surface area (Å²) < 4.78 is 27.1. The molecule has 1 aliphatic rings. The highest BCUT2D eigenvalue weighted by molar-refractivity contribution is 9.10. The third-order valence-corrected chi connectivity index (χ3v) is 3.67. The van der Waals surface area contributed by atoms with Gasteiger partial charge in [0.05, 0.1) is 10.0 Å². The van der Waals surface area contributed by atoms with E-state index in [1.165, 1.54) is 12.1 Å². The van der Waals surface area contributed by atoms with Gasteiger partial charge in [0.2, 0.25) is 0 Å². The van der Waals surface area contributed by atoms with Crippen molar-refractivity contribution in [3.05, 3.63) is 33.8 Å². The van der Waals surface area contributed by atoms with E-state index in [0.717, 1.165) is 13.1 Å². The first-order valence-electron chi connectivity index (χ1n) is 5.62. The number of amides is 1. The van der Waals surface area contributed by atoms with Crippen molar-refractivity contribution in [2.75, 3.05) is 33.2 Å². The quantitative estimate of drug-likeness (QED) is 0.740. The van der Waals surface area contributed by atoms with Crippen molar-refractivity contribution in [3.63, 3.8) is 0 Å². The molecule has 1 amide bonds. The van der Waals surface area contributed by atoms with Crippen LogP contribution in [0.3, 0.4) is 0 Å². The number of nitrogens with zero attached hydrogens (tertiary/aromatic N) is 2. The molecular weight excluding hydrogens is 306 g/mol. The Bertz CT molecular complexity index is 473. The Kier molecular flexibility index (Phi) is 3.97. The minimum Gasteiger partial charge on any atom is -0.336 e. The first-order chi connectivity index (χ1) is 8.50. The highest BCUT2D eigenvalue weighted by Gasteiger charge is 2.24. The van der Waals surface area contributed by atoms with E-state index < -0.39 is 17.5 Å². The average molecular weight is 319 g/mol. The minimum atomic E-state index is -1.09. The van der Waals surface area contributed by atoms with Gasteiger partial charge < -0.3 is 9.80 Å². The van der Waals surface area contributed by atoms with E-state index >= 15 is 0 Å². The van der Waals surface area contributed by atoms with Gasteiger partial charge in [-0.25, -0.2) is 8.78 Å². The molecule has 1 aromatic rings. The molecule has 0 radical (unpaired) electrons. The molecule has 0 spiro atoms. The highest BCUT2D eigenvalue weighted by Crippen LogP contribution is 2.22. The van der Waals surface area contributed by atoms with E-state index in [9.17, 15) is 13.6 Å².